The van der Waals surface area contributed by atoms with E-state index in [2.05, 4.69) is 15.4 Å². The Balaban J connectivity index is 1.71. The quantitative estimate of drug-likeness (QED) is 0.694. The van der Waals surface area contributed by atoms with Crippen LogP contribution in [0, 0.1) is 0 Å². The summed E-state index contributed by atoms with van der Waals surface area (Å²) < 4.78 is 0. The number of hydrogen-bond acceptors (Lipinski definition) is 4. The number of aromatic nitrogens is 3. The summed E-state index contributed by atoms with van der Waals surface area (Å²) in [6, 6.07) is 0.187. The van der Waals surface area contributed by atoms with Crippen molar-refractivity contribution in [3.8, 4) is 0 Å². The topological polar surface area (TPSA) is 82.2 Å². The maximum Gasteiger partial charge on any atom is 0.276 e. The largest absolute Gasteiger partial charge is 0.336 e. The van der Waals surface area contributed by atoms with Gasteiger partial charge in [-0.3, -0.25) is 9.59 Å². The fraction of sp³-hybridized carbons (Fsp3) is 0.600. The van der Waals surface area contributed by atoms with Crippen LogP contribution in [0.25, 0.3) is 0 Å². The molecule has 7 heteroatoms. The molecular weight excluding hydrogens is 222 g/mol. The van der Waals surface area contributed by atoms with Crippen LogP contribution >= 0.6 is 0 Å². The zero-order valence-corrected chi connectivity index (χ0v) is 9.30. The van der Waals surface area contributed by atoms with Crippen LogP contribution in [0.15, 0.2) is 6.20 Å². The van der Waals surface area contributed by atoms with Gasteiger partial charge in [-0.05, 0) is 6.42 Å². The average Bonchev–Trinajstić information content (AvgIpc) is 2.98. The number of rotatable bonds is 1. The minimum absolute atomic E-state index is 0.113. The molecule has 1 unspecified atom stereocenters. The fourth-order valence-electron chi connectivity index (χ4n) is 2.52. The molecule has 1 atom stereocenters. The van der Waals surface area contributed by atoms with Crippen LogP contribution in [-0.4, -0.2) is 62.7 Å². The zero-order valence-electron chi connectivity index (χ0n) is 9.30. The van der Waals surface area contributed by atoms with Crippen molar-refractivity contribution in [2.45, 2.75) is 18.9 Å². The van der Waals surface area contributed by atoms with Crippen molar-refractivity contribution >= 4 is 11.8 Å². The van der Waals surface area contributed by atoms with Crippen molar-refractivity contribution in [1.82, 2.24) is 25.2 Å². The number of carbonyl (C=O) groups excluding carboxylic acids is 2. The summed E-state index contributed by atoms with van der Waals surface area (Å²) in [5, 5.41) is 9.84. The summed E-state index contributed by atoms with van der Waals surface area (Å²) in [4.78, 5) is 27.2. The Labute approximate surface area is 97.8 Å². The number of H-pyrrole nitrogens is 1. The number of amides is 2. The second-order valence-corrected chi connectivity index (χ2v) is 4.39. The molecule has 17 heavy (non-hydrogen) atoms. The number of nitrogens with one attached hydrogen (secondary N) is 1. The fourth-order valence-corrected chi connectivity index (χ4v) is 2.52. The van der Waals surface area contributed by atoms with Crippen molar-refractivity contribution in [2.75, 3.05) is 19.6 Å². The molecule has 0 aliphatic carbocycles. The van der Waals surface area contributed by atoms with Gasteiger partial charge in [-0.2, -0.15) is 15.4 Å². The van der Waals surface area contributed by atoms with E-state index in [0.717, 1.165) is 6.42 Å². The molecule has 1 N–H and O–H groups in total. The number of nitrogens with zero attached hydrogens (tertiary/aromatic N) is 4. The first kappa shape index (κ1) is 10.2. The van der Waals surface area contributed by atoms with Crippen molar-refractivity contribution in [3.05, 3.63) is 11.9 Å². The van der Waals surface area contributed by atoms with Gasteiger partial charge in [0.25, 0.3) is 5.91 Å². The van der Waals surface area contributed by atoms with E-state index < -0.39 is 0 Å². The zero-order chi connectivity index (χ0) is 11.8. The Morgan fingerprint density at radius 3 is 3.12 bits per heavy atom. The molecule has 0 saturated carbocycles. The summed E-state index contributed by atoms with van der Waals surface area (Å²) in [6.07, 6.45) is 2.88. The van der Waals surface area contributed by atoms with Crippen LogP contribution in [0.4, 0.5) is 0 Å². The molecule has 90 valence electrons. The molecule has 2 fully saturated rings. The smallest absolute Gasteiger partial charge is 0.276 e. The van der Waals surface area contributed by atoms with Crippen molar-refractivity contribution in [1.29, 1.82) is 0 Å². The summed E-state index contributed by atoms with van der Waals surface area (Å²) in [7, 11) is 0. The van der Waals surface area contributed by atoms with Gasteiger partial charge in [-0.25, -0.2) is 0 Å². The van der Waals surface area contributed by atoms with Gasteiger partial charge in [0.15, 0.2) is 5.69 Å². The first-order valence-electron chi connectivity index (χ1n) is 5.70. The van der Waals surface area contributed by atoms with E-state index in [9.17, 15) is 9.59 Å². The Morgan fingerprint density at radius 1 is 1.47 bits per heavy atom. The average molecular weight is 235 g/mol. The standard InChI is InChI=1S/C10H13N5O2/c16-9-2-1-7-6-14(3-4-15(7)9)10(17)8-5-11-13-12-8/h5,7H,1-4,6H2,(H,11,12,13). The first-order valence-corrected chi connectivity index (χ1v) is 5.70. The molecule has 2 aliphatic rings. The normalized spacial score (nSPS) is 24.0. The van der Waals surface area contributed by atoms with Crippen LogP contribution in [0.3, 0.4) is 0 Å². The van der Waals surface area contributed by atoms with E-state index in [1.165, 1.54) is 6.20 Å². The van der Waals surface area contributed by atoms with Crippen LogP contribution in [0.1, 0.15) is 23.3 Å². The molecule has 3 heterocycles. The highest BCUT2D eigenvalue weighted by atomic mass is 16.2. The van der Waals surface area contributed by atoms with E-state index >= 15 is 0 Å². The molecule has 1 aromatic rings. The van der Waals surface area contributed by atoms with E-state index in [4.69, 9.17) is 0 Å². The van der Waals surface area contributed by atoms with Gasteiger partial charge in [-0.15, -0.1) is 0 Å². The maximum atomic E-state index is 12.0. The molecule has 1 aromatic heterocycles. The third-order valence-corrected chi connectivity index (χ3v) is 3.42. The lowest BCUT2D eigenvalue weighted by molar-refractivity contribution is -0.130. The summed E-state index contributed by atoms with van der Waals surface area (Å²) in [6.45, 7) is 1.82. The molecule has 2 aliphatic heterocycles. The van der Waals surface area contributed by atoms with Crippen molar-refractivity contribution < 1.29 is 9.59 Å². The number of piperazine rings is 1. The van der Waals surface area contributed by atoms with Crippen molar-refractivity contribution in [3.63, 3.8) is 0 Å². The Kier molecular flexibility index (Phi) is 2.31. The second kappa shape index (κ2) is 3.83. The highest BCUT2D eigenvalue weighted by Crippen LogP contribution is 2.23. The Morgan fingerprint density at radius 2 is 2.35 bits per heavy atom. The predicted octanol–water partition coefficient (Wildman–Crippen LogP) is -0.749. The van der Waals surface area contributed by atoms with E-state index in [0.29, 0.717) is 31.7 Å². The Hall–Kier alpha value is -1.92. The Bertz CT molecular complexity index is 444. The maximum absolute atomic E-state index is 12.0. The third kappa shape index (κ3) is 1.67. The van der Waals surface area contributed by atoms with E-state index in [-0.39, 0.29) is 17.9 Å². The molecule has 0 aromatic carbocycles. The minimum atomic E-state index is -0.113. The van der Waals surface area contributed by atoms with Gasteiger partial charge in [0.1, 0.15) is 0 Å². The van der Waals surface area contributed by atoms with Crippen molar-refractivity contribution in [2.24, 2.45) is 0 Å². The third-order valence-electron chi connectivity index (χ3n) is 3.42. The molecule has 0 radical (unpaired) electrons. The summed E-state index contributed by atoms with van der Waals surface area (Å²) >= 11 is 0. The van der Waals surface area contributed by atoms with Crippen LogP contribution in [0.2, 0.25) is 0 Å². The minimum Gasteiger partial charge on any atom is -0.336 e. The van der Waals surface area contributed by atoms with E-state index in [1.807, 2.05) is 4.90 Å². The molecule has 7 nitrogen and oxygen atoms in total. The molecule has 3 rings (SSSR count). The molecule has 0 spiro atoms. The lowest BCUT2D eigenvalue weighted by Gasteiger charge is -2.37. The van der Waals surface area contributed by atoms with Gasteiger partial charge in [0.05, 0.1) is 6.20 Å². The van der Waals surface area contributed by atoms with Gasteiger partial charge in [-0.1, -0.05) is 0 Å². The van der Waals surface area contributed by atoms with E-state index in [1.54, 1.807) is 4.90 Å². The van der Waals surface area contributed by atoms with Crippen LogP contribution < -0.4 is 0 Å². The van der Waals surface area contributed by atoms with Gasteiger partial charge < -0.3 is 9.80 Å². The molecule has 2 amide bonds. The number of carbonyl (C=O) groups is 2. The number of aromatic amines is 1. The SMILES string of the molecule is O=C(c1cn[nH]n1)N1CCN2C(=O)CCC2C1. The highest BCUT2D eigenvalue weighted by Gasteiger charge is 2.37. The molecular formula is C10H13N5O2. The predicted molar refractivity (Wildman–Crippen MR) is 57.0 cm³/mol. The summed E-state index contributed by atoms with van der Waals surface area (Å²) in [5.41, 5.74) is 0.336. The lowest BCUT2D eigenvalue weighted by atomic mass is 10.1. The lowest BCUT2D eigenvalue weighted by Crippen LogP contribution is -2.53. The number of hydrogen-bond donors (Lipinski definition) is 1. The molecule has 2 saturated heterocycles. The molecule has 0 bridgehead atoms. The number of fused-ring (bicyclic) bond motifs is 1. The monoisotopic (exact) mass is 235 g/mol. The van der Waals surface area contributed by atoms with Gasteiger partial charge in [0.2, 0.25) is 5.91 Å². The first-order chi connectivity index (χ1) is 8.25. The second-order valence-electron chi connectivity index (χ2n) is 4.39. The highest BCUT2D eigenvalue weighted by molar-refractivity contribution is 5.92. The van der Waals surface area contributed by atoms with Crippen LogP contribution in [0.5, 0.6) is 0 Å². The van der Waals surface area contributed by atoms with Gasteiger partial charge in [0, 0.05) is 32.1 Å². The van der Waals surface area contributed by atoms with Gasteiger partial charge >= 0.3 is 0 Å². The summed E-state index contributed by atoms with van der Waals surface area (Å²) in [5.74, 6) is 0.0984. The van der Waals surface area contributed by atoms with Crippen LogP contribution in [-0.2, 0) is 4.79 Å².